The van der Waals surface area contributed by atoms with Crippen molar-refractivity contribution >= 4 is 33.0 Å². The van der Waals surface area contributed by atoms with Crippen LogP contribution in [0.3, 0.4) is 0 Å². The average molecular weight is 245 g/mol. The van der Waals surface area contributed by atoms with Gasteiger partial charge in [0, 0.05) is 15.3 Å². The van der Waals surface area contributed by atoms with Crippen LogP contribution in [-0.2, 0) is 0 Å². The van der Waals surface area contributed by atoms with E-state index in [9.17, 15) is 4.79 Å². The number of hydrogen-bond acceptors (Lipinski definition) is 2. The number of thiophene rings is 1. The Labute approximate surface area is 83.9 Å². The fourth-order valence-electron chi connectivity index (χ4n) is 1.13. The molecule has 0 N–H and O–H groups in total. The van der Waals surface area contributed by atoms with Gasteiger partial charge in [0.1, 0.15) is 0 Å². The Morgan fingerprint density at radius 2 is 2.33 bits per heavy atom. The highest BCUT2D eigenvalue weighted by Crippen LogP contribution is 2.36. The first-order valence-corrected chi connectivity index (χ1v) is 5.59. The fourth-order valence-corrected chi connectivity index (χ4v) is 2.68. The van der Waals surface area contributed by atoms with E-state index in [-0.39, 0.29) is 0 Å². The molecule has 1 aromatic heterocycles. The molecule has 0 unspecified atom stereocenters. The van der Waals surface area contributed by atoms with E-state index in [1.165, 1.54) is 4.88 Å². The van der Waals surface area contributed by atoms with E-state index in [0.717, 1.165) is 22.2 Å². The lowest BCUT2D eigenvalue weighted by molar-refractivity contribution is 0.0971. The third kappa shape index (κ3) is 1.48. The van der Waals surface area contributed by atoms with Gasteiger partial charge in [0.25, 0.3) is 0 Å². The second-order valence-corrected chi connectivity index (χ2v) is 5.26. The molecular formula is C9H9BrOS. The van der Waals surface area contributed by atoms with E-state index in [1.54, 1.807) is 11.3 Å². The maximum atomic E-state index is 11.6. The summed E-state index contributed by atoms with van der Waals surface area (Å²) in [6.07, 6.45) is 2.18. The highest BCUT2D eigenvalue weighted by atomic mass is 79.9. The minimum absolute atomic E-state index is 0.341. The quantitative estimate of drug-likeness (QED) is 0.729. The Hall–Kier alpha value is -0.150. The molecule has 1 heterocycles. The van der Waals surface area contributed by atoms with Gasteiger partial charge in [0.15, 0.2) is 5.78 Å². The van der Waals surface area contributed by atoms with Crippen LogP contribution in [-0.4, -0.2) is 5.78 Å². The predicted molar refractivity (Wildman–Crippen MR) is 53.8 cm³/mol. The number of aryl methyl sites for hydroxylation is 1. The lowest BCUT2D eigenvalue weighted by Gasteiger charge is -1.89. The smallest absolute Gasteiger partial charge is 0.175 e. The van der Waals surface area contributed by atoms with Crippen molar-refractivity contribution in [1.82, 2.24) is 0 Å². The van der Waals surface area contributed by atoms with Crippen LogP contribution in [0.25, 0.3) is 0 Å². The molecule has 1 nitrogen and oxygen atoms in total. The van der Waals surface area contributed by atoms with E-state index in [0.29, 0.717) is 11.7 Å². The first kappa shape index (κ1) is 8.45. The number of rotatable bonds is 2. The maximum Gasteiger partial charge on any atom is 0.175 e. The zero-order chi connectivity index (χ0) is 8.72. The second-order valence-electron chi connectivity index (χ2n) is 3.15. The van der Waals surface area contributed by atoms with Gasteiger partial charge >= 0.3 is 0 Å². The molecular weight excluding hydrogens is 236 g/mol. The van der Waals surface area contributed by atoms with Gasteiger partial charge in [-0.15, -0.1) is 11.3 Å². The van der Waals surface area contributed by atoms with Crippen LogP contribution in [0, 0.1) is 12.8 Å². The van der Waals surface area contributed by atoms with Crippen LogP contribution < -0.4 is 0 Å². The molecule has 0 aliphatic heterocycles. The first-order valence-electron chi connectivity index (χ1n) is 3.98. The molecule has 0 spiro atoms. The van der Waals surface area contributed by atoms with Gasteiger partial charge in [-0.25, -0.2) is 0 Å². The van der Waals surface area contributed by atoms with Crippen LogP contribution in [0.2, 0.25) is 0 Å². The average Bonchev–Trinajstić information content (AvgIpc) is 2.80. The second kappa shape index (κ2) is 2.96. The summed E-state index contributed by atoms with van der Waals surface area (Å²) in [6, 6.07) is 1.95. The van der Waals surface area contributed by atoms with Crippen molar-refractivity contribution in [1.29, 1.82) is 0 Å². The normalized spacial score (nSPS) is 16.5. The Balaban J connectivity index is 2.27. The van der Waals surface area contributed by atoms with Gasteiger partial charge in [0.05, 0.1) is 4.88 Å². The zero-order valence-electron chi connectivity index (χ0n) is 6.76. The van der Waals surface area contributed by atoms with Gasteiger partial charge in [-0.2, -0.15) is 0 Å². The lowest BCUT2D eigenvalue weighted by atomic mass is 10.2. The minimum atomic E-state index is 0.341. The predicted octanol–water partition coefficient (Wildman–Crippen LogP) is 3.41. The van der Waals surface area contributed by atoms with Crippen LogP contribution >= 0.6 is 27.3 Å². The van der Waals surface area contributed by atoms with Gasteiger partial charge in [-0.1, -0.05) is 0 Å². The number of hydrogen-bond donors (Lipinski definition) is 0. The summed E-state index contributed by atoms with van der Waals surface area (Å²) in [6.45, 7) is 2.03. The number of carbonyl (C=O) groups is 1. The van der Waals surface area contributed by atoms with Crippen molar-refractivity contribution < 1.29 is 4.79 Å². The molecule has 3 heteroatoms. The molecule has 12 heavy (non-hydrogen) atoms. The number of halogens is 1. The molecule has 0 bridgehead atoms. The van der Waals surface area contributed by atoms with Gasteiger partial charge in [0.2, 0.25) is 0 Å². The Bertz CT molecular complexity index is 306. The van der Waals surface area contributed by atoms with Gasteiger partial charge < -0.3 is 0 Å². The third-order valence-corrected chi connectivity index (χ3v) is 4.20. The number of ketones is 1. The summed E-state index contributed by atoms with van der Waals surface area (Å²) in [5.41, 5.74) is 0. The summed E-state index contributed by atoms with van der Waals surface area (Å²) in [5.74, 6) is 0.684. The molecule has 1 saturated carbocycles. The zero-order valence-corrected chi connectivity index (χ0v) is 9.17. The summed E-state index contributed by atoms with van der Waals surface area (Å²) >= 11 is 5.01. The largest absolute Gasteiger partial charge is 0.293 e. The van der Waals surface area contributed by atoms with Crippen molar-refractivity contribution in [3.05, 3.63) is 20.3 Å². The summed E-state index contributed by atoms with van der Waals surface area (Å²) < 4.78 is 1.07. The number of carbonyl (C=O) groups excluding carboxylic acids is 1. The molecule has 64 valence electrons. The summed E-state index contributed by atoms with van der Waals surface area (Å²) in [4.78, 5) is 13.7. The Morgan fingerprint density at radius 3 is 2.75 bits per heavy atom. The molecule has 2 rings (SSSR count). The molecule has 1 aliphatic carbocycles. The van der Waals surface area contributed by atoms with E-state index < -0.39 is 0 Å². The topological polar surface area (TPSA) is 17.1 Å². The molecule has 0 aromatic carbocycles. The van der Waals surface area contributed by atoms with Gasteiger partial charge in [-0.05, 0) is 41.8 Å². The third-order valence-electron chi connectivity index (χ3n) is 2.05. The molecule has 1 fully saturated rings. The van der Waals surface area contributed by atoms with Crippen LogP contribution in [0.15, 0.2) is 10.5 Å². The molecule has 1 aromatic rings. The highest BCUT2D eigenvalue weighted by Gasteiger charge is 2.31. The maximum absolute atomic E-state index is 11.6. The number of Topliss-reactive ketones (excluding diaryl/α,β-unsaturated/α-hetero) is 1. The highest BCUT2D eigenvalue weighted by molar-refractivity contribution is 9.10. The molecule has 0 radical (unpaired) electrons. The minimum Gasteiger partial charge on any atom is -0.293 e. The van der Waals surface area contributed by atoms with Crippen molar-refractivity contribution in [2.45, 2.75) is 19.8 Å². The van der Waals surface area contributed by atoms with Crippen molar-refractivity contribution in [2.75, 3.05) is 0 Å². The van der Waals surface area contributed by atoms with Crippen molar-refractivity contribution in [3.8, 4) is 0 Å². The monoisotopic (exact) mass is 244 g/mol. The Kier molecular flexibility index (Phi) is 2.09. The Morgan fingerprint density at radius 1 is 1.67 bits per heavy atom. The molecule has 0 atom stereocenters. The first-order chi connectivity index (χ1) is 5.68. The van der Waals surface area contributed by atoms with E-state index >= 15 is 0 Å². The van der Waals surface area contributed by atoms with E-state index in [1.807, 2.05) is 13.0 Å². The molecule has 0 saturated heterocycles. The molecule has 0 amide bonds. The van der Waals surface area contributed by atoms with Crippen LogP contribution in [0.4, 0.5) is 0 Å². The van der Waals surface area contributed by atoms with Gasteiger partial charge in [-0.3, -0.25) is 4.79 Å². The van der Waals surface area contributed by atoms with Crippen molar-refractivity contribution in [2.24, 2.45) is 5.92 Å². The molecule has 1 aliphatic rings. The van der Waals surface area contributed by atoms with E-state index in [4.69, 9.17) is 0 Å². The van der Waals surface area contributed by atoms with Crippen molar-refractivity contribution in [3.63, 3.8) is 0 Å². The fraction of sp³-hybridized carbons (Fsp3) is 0.444. The summed E-state index contributed by atoms with van der Waals surface area (Å²) in [5, 5.41) is 0. The standard InChI is InChI=1S/C9H9BrOS/c1-5-7(10)4-8(12-5)9(11)6-2-3-6/h4,6H,2-3H2,1H3. The van der Waals surface area contributed by atoms with Crippen LogP contribution in [0.1, 0.15) is 27.4 Å². The van der Waals surface area contributed by atoms with E-state index in [2.05, 4.69) is 15.9 Å². The lowest BCUT2D eigenvalue weighted by Crippen LogP contribution is -1.96. The van der Waals surface area contributed by atoms with Crippen LogP contribution in [0.5, 0.6) is 0 Å². The summed E-state index contributed by atoms with van der Waals surface area (Å²) in [7, 11) is 0. The SMILES string of the molecule is Cc1sc(C(=O)C2CC2)cc1Br.